The highest BCUT2D eigenvalue weighted by atomic mass is 16.6. The molecule has 0 radical (unpaired) electrons. The van der Waals surface area contributed by atoms with Gasteiger partial charge in [-0.2, -0.15) is 0 Å². The van der Waals surface area contributed by atoms with Gasteiger partial charge in [-0.05, 0) is 0 Å². The van der Waals surface area contributed by atoms with Crippen LogP contribution in [0.1, 0.15) is 6.23 Å². The summed E-state index contributed by atoms with van der Waals surface area (Å²) in [5.41, 5.74) is 0.904. The van der Waals surface area contributed by atoms with Crippen molar-refractivity contribution in [2.24, 2.45) is 0 Å². The van der Waals surface area contributed by atoms with Gasteiger partial charge in [-0.25, -0.2) is 15.0 Å². The molecule has 1 aliphatic rings. The first-order chi connectivity index (χ1) is 11.7. The summed E-state index contributed by atoms with van der Waals surface area (Å²) in [4.78, 5) is 12.5. The van der Waals surface area contributed by atoms with Gasteiger partial charge in [0.2, 0.25) is 0 Å². The van der Waals surface area contributed by atoms with Gasteiger partial charge in [-0.1, -0.05) is 12.2 Å². The summed E-state index contributed by atoms with van der Waals surface area (Å²) in [7, 11) is 0. The first kappa shape index (κ1) is 16.7. The molecule has 1 fully saturated rings. The Hall–Kier alpha value is -2.11. The van der Waals surface area contributed by atoms with E-state index in [0.717, 1.165) is 0 Å². The maximum atomic E-state index is 10.1. The molecule has 3 rings (SSSR count). The van der Waals surface area contributed by atoms with Crippen LogP contribution in [-0.2, 0) is 4.74 Å². The minimum atomic E-state index is -1.21. The molecule has 130 valence electrons. The van der Waals surface area contributed by atoms with E-state index in [0.29, 0.717) is 23.5 Å². The third-order valence-electron chi connectivity index (χ3n) is 3.81. The Balaban J connectivity index is 1.87. The lowest BCUT2D eigenvalue weighted by atomic mass is 10.1. The van der Waals surface area contributed by atoms with Gasteiger partial charge >= 0.3 is 0 Å². The second-order valence-electron chi connectivity index (χ2n) is 5.31. The number of aromatic nitrogens is 4. The van der Waals surface area contributed by atoms with Crippen LogP contribution in [0.2, 0.25) is 0 Å². The minimum absolute atomic E-state index is 0.0409. The molecule has 10 nitrogen and oxygen atoms in total. The number of nitrogens with one attached hydrogen (secondary N) is 1. The van der Waals surface area contributed by atoms with Crippen LogP contribution in [0.5, 0.6) is 0 Å². The Bertz CT molecular complexity index is 721. The Labute approximate surface area is 137 Å². The summed E-state index contributed by atoms with van der Waals surface area (Å²) in [6, 6.07) is 0. The fourth-order valence-corrected chi connectivity index (χ4v) is 2.59. The Morgan fingerprint density at radius 3 is 2.71 bits per heavy atom. The van der Waals surface area contributed by atoms with Crippen molar-refractivity contribution < 1.29 is 25.2 Å². The number of imidazole rings is 1. The van der Waals surface area contributed by atoms with Crippen LogP contribution in [0.25, 0.3) is 11.2 Å². The lowest BCUT2D eigenvalue weighted by molar-refractivity contribution is -0.0511. The molecule has 0 saturated carbocycles. The topological polar surface area (TPSA) is 146 Å². The fourth-order valence-electron chi connectivity index (χ4n) is 2.59. The number of aliphatic hydroxyl groups excluding tert-OH is 4. The highest BCUT2D eigenvalue weighted by Crippen LogP contribution is 2.31. The van der Waals surface area contributed by atoms with Gasteiger partial charge < -0.3 is 30.5 Å². The van der Waals surface area contributed by atoms with Gasteiger partial charge in [0.15, 0.2) is 23.2 Å². The number of hydrogen-bond acceptors (Lipinski definition) is 9. The lowest BCUT2D eigenvalue weighted by Crippen LogP contribution is -2.33. The molecule has 0 bridgehead atoms. The van der Waals surface area contributed by atoms with E-state index in [1.54, 1.807) is 12.2 Å². The van der Waals surface area contributed by atoms with E-state index >= 15 is 0 Å². The highest BCUT2D eigenvalue weighted by molar-refractivity contribution is 5.82. The minimum Gasteiger partial charge on any atom is -0.394 e. The number of ether oxygens (including phenoxy) is 1. The number of rotatable bonds is 6. The summed E-state index contributed by atoms with van der Waals surface area (Å²) >= 11 is 0. The SMILES string of the molecule is OC/C=C\CNc1ncnc2c1ncn2[C@@H]1O[C@H](CO)[C@@H](O)[C@H]1O. The van der Waals surface area contributed by atoms with E-state index in [1.165, 1.54) is 17.2 Å². The van der Waals surface area contributed by atoms with E-state index in [1.807, 2.05) is 0 Å². The smallest absolute Gasteiger partial charge is 0.167 e. The number of aliphatic hydroxyl groups is 4. The van der Waals surface area contributed by atoms with Crippen molar-refractivity contribution in [2.75, 3.05) is 25.1 Å². The van der Waals surface area contributed by atoms with Crippen LogP contribution >= 0.6 is 0 Å². The zero-order valence-corrected chi connectivity index (χ0v) is 12.7. The fraction of sp³-hybridized carbons (Fsp3) is 0.500. The average Bonchev–Trinajstić information content (AvgIpc) is 3.14. The molecule has 2 aromatic heterocycles. The second kappa shape index (κ2) is 7.20. The maximum absolute atomic E-state index is 10.1. The molecule has 10 heteroatoms. The van der Waals surface area contributed by atoms with E-state index in [4.69, 9.17) is 9.84 Å². The molecule has 0 unspecified atom stereocenters. The molecule has 1 saturated heterocycles. The summed E-state index contributed by atoms with van der Waals surface area (Å²) in [6.07, 6.45) is 1.96. The van der Waals surface area contributed by atoms with Crippen molar-refractivity contribution >= 4 is 17.0 Å². The van der Waals surface area contributed by atoms with Crippen molar-refractivity contribution in [2.45, 2.75) is 24.5 Å². The molecule has 0 aromatic carbocycles. The summed E-state index contributed by atoms with van der Waals surface area (Å²) < 4.78 is 6.99. The van der Waals surface area contributed by atoms with Crippen molar-refractivity contribution in [1.82, 2.24) is 19.5 Å². The van der Waals surface area contributed by atoms with Gasteiger partial charge in [0.25, 0.3) is 0 Å². The largest absolute Gasteiger partial charge is 0.394 e. The molecule has 24 heavy (non-hydrogen) atoms. The van der Waals surface area contributed by atoms with Crippen LogP contribution in [0.3, 0.4) is 0 Å². The second-order valence-corrected chi connectivity index (χ2v) is 5.31. The van der Waals surface area contributed by atoms with Crippen LogP contribution in [0.4, 0.5) is 5.82 Å². The van der Waals surface area contributed by atoms with E-state index in [2.05, 4.69) is 20.3 Å². The summed E-state index contributed by atoms with van der Waals surface area (Å²) in [6.45, 7) is 0.00841. The molecular formula is C14H19N5O5. The van der Waals surface area contributed by atoms with Crippen molar-refractivity contribution in [3.05, 3.63) is 24.8 Å². The van der Waals surface area contributed by atoms with Crippen molar-refractivity contribution in [1.29, 1.82) is 0 Å². The predicted octanol–water partition coefficient (Wildman–Crippen LogP) is -1.60. The van der Waals surface area contributed by atoms with Crippen LogP contribution in [-0.4, -0.2) is 78.0 Å². The third-order valence-corrected chi connectivity index (χ3v) is 3.81. The lowest BCUT2D eigenvalue weighted by Gasteiger charge is -2.16. The number of nitrogens with zero attached hydrogens (tertiary/aromatic N) is 4. The first-order valence-corrected chi connectivity index (χ1v) is 7.47. The van der Waals surface area contributed by atoms with E-state index < -0.39 is 31.1 Å². The number of anilines is 1. The third kappa shape index (κ3) is 2.97. The van der Waals surface area contributed by atoms with Crippen LogP contribution < -0.4 is 5.32 Å². The summed E-state index contributed by atoms with van der Waals surface area (Å²) in [5.74, 6) is 0.494. The monoisotopic (exact) mass is 337 g/mol. The first-order valence-electron chi connectivity index (χ1n) is 7.47. The highest BCUT2D eigenvalue weighted by Gasteiger charge is 2.43. The molecule has 4 atom stereocenters. The normalized spacial score (nSPS) is 27.3. The van der Waals surface area contributed by atoms with Gasteiger partial charge in [0.05, 0.1) is 19.5 Å². The summed E-state index contributed by atoms with van der Waals surface area (Å²) in [5, 5.41) is 41.0. The molecular weight excluding hydrogens is 318 g/mol. The maximum Gasteiger partial charge on any atom is 0.167 e. The number of fused-ring (bicyclic) bond motifs is 1. The number of hydrogen-bond donors (Lipinski definition) is 5. The van der Waals surface area contributed by atoms with Gasteiger partial charge in [0.1, 0.15) is 24.6 Å². The molecule has 0 amide bonds. The molecule has 1 aliphatic heterocycles. The van der Waals surface area contributed by atoms with Crippen molar-refractivity contribution in [3.63, 3.8) is 0 Å². The average molecular weight is 337 g/mol. The van der Waals surface area contributed by atoms with E-state index in [-0.39, 0.29) is 6.61 Å². The molecule has 5 N–H and O–H groups in total. The molecule has 2 aromatic rings. The van der Waals surface area contributed by atoms with Crippen LogP contribution in [0.15, 0.2) is 24.8 Å². The van der Waals surface area contributed by atoms with Gasteiger partial charge in [0, 0.05) is 6.54 Å². The zero-order valence-electron chi connectivity index (χ0n) is 12.7. The Morgan fingerprint density at radius 2 is 2.00 bits per heavy atom. The van der Waals surface area contributed by atoms with Gasteiger partial charge in [-0.15, -0.1) is 0 Å². The molecule has 3 heterocycles. The standard InChI is InChI=1S/C14H19N5O5/c20-4-2-1-3-15-12-9-13(17-6-16-12)19(7-18-9)14-11(23)10(22)8(5-21)24-14/h1-2,6-8,10-11,14,20-23H,3-5H2,(H,15,16,17)/b2-1-/t8-,10-,11-,14-/m1/s1. The van der Waals surface area contributed by atoms with Crippen molar-refractivity contribution in [3.8, 4) is 0 Å². The van der Waals surface area contributed by atoms with E-state index in [9.17, 15) is 15.3 Å². The quantitative estimate of drug-likeness (QED) is 0.393. The Morgan fingerprint density at radius 1 is 1.17 bits per heavy atom. The molecule has 0 aliphatic carbocycles. The van der Waals surface area contributed by atoms with Gasteiger partial charge in [-0.3, -0.25) is 4.57 Å². The molecule has 0 spiro atoms. The zero-order chi connectivity index (χ0) is 17.1. The predicted molar refractivity (Wildman–Crippen MR) is 83.0 cm³/mol. The van der Waals surface area contributed by atoms with Crippen LogP contribution in [0, 0.1) is 0 Å². The Kier molecular flexibility index (Phi) is 5.02.